The molecule has 114 valence electrons. The van der Waals surface area contributed by atoms with Crippen LogP contribution in [0.25, 0.3) is 0 Å². The number of hydrogen-bond acceptors (Lipinski definition) is 5. The number of carbonyl (C=O) groups excluding carboxylic acids is 2. The number of rotatable bonds is 2. The molecule has 0 bridgehead atoms. The van der Waals surface area contributed by atoms with Crippen molar-refractivity contribution in [1.29, 1.82) is 0 Å². The fourth-order valence-corrected chi connectivity index (χ4v) is 2.87. The smallest absolute Gasteiger partial charge is 0.231 e. The number of aliphatic hydroxyl groups excluding tert-OH is 1. The molecule has 0 aromatic heterocycles. The number of ketones is 2. The molecule has 0 unspecified atom stereocenters. The highest BCUT2D eigenvalue weighted by Gasteiger charge is 2.32. The summed E-state index contributed by atoms with van der Waals surface area (Å²) in [6, 6.07) is 11.7. The number of allylic oxidation sites excluding steroid dienone is 1. The van der Waals surface area contributed by atoms with E-state index in [1.807, 2.05) is 0 Å². The zero-order chi connectivity index (χ0) is 16.0. The molecule has 1 atom stereocenters. The summed E-state index contributed by atoms with van der Waals surface area (Å²) in [5.41, 5.74) is 1.11. The summed E-state index contributed by atoms with van der Waals surface area (Å²) in [6.45, 7) is 0.0633. The molecule has 1 aliphatic carbocycles. The zero-order valence-corrected chi connectivity index (χ0v) is 12.0. The van der Waals surface area contributed by atoms with Crippen molar-refractivity contribution < 1.29 is 24.2 Å². The van der Waals surface area contributed by atoms with Gasteiger partial charge in [-0.15, -0.1) is 0 Å². The van der Waals surface area contributed by atoms with E-state index in [4.69, 9.17) is 9.47 Å². The summed E-state index contributed by atoms with van der Waals surface area (Å²) in [4.78, 5) is 24.8. The number of carbonyl (C=O) groups is 2. The van der Waals surface area contributed by atoms with Gasteiger partial charge in [-0.25, -0.2) is 0 Å². The lowest BCUT2D eigenvalue weighted by molar-refractivity contribution is 0.0945. The number of Topliss-reactive ketones (excluding diaryl/α,β-unsaturated/α-hetero) is 1. The second-order valence-electron chi connectivity index (χ2n) is 5.32. The molecule has 0 amide bonds. The third kappa shape index (κ3) is 2.05. The zero-order valence-electron chi connectivity index (χ0n) is 12.0. The van der Waals surface area contributed by atoms with Crippen molar-refractivity contribution in [3.63, 3.8) is 0 Å². The minimum absolute atomic E-state index is 0.0394. The Kier molecular flexibility index (Phi) is 3.02. The van der Waals surface area contributed by atoms with Crippen LogP contribution in [0.2, 0.25) is 0 Å². The molecule has 0 saturated carbocycles. The first-order chi connectivity index (χ1) is 11.2. The van der Waals surface area contributed by atoms with E-state index < -0.39 is 6.10 Å². The van der Waals surface area contributed by atoms with Crippen molar-refractivity contribution in [2.24, 2.45) is 0 Å². The van der Waals surface area contributed by atoms with Crippen LogP contribution in [-0.4, -0.2) is 23.5 Å². The van der Waals surface area contributed by atoms with Gasteiger partial charge in [0.15, 0.2) is 23.1 Å². The Bertz CT molecular complexity index is 865. The van der Waals surface area contributed by atoms with Crippen molar-refractivity contribution in [2.75, 3.05) is 6.79 Å². The minimum Gasteiger partial charge on any atom is -0.454 e. The lowest BCUT2D eigenvalue weighted by Gasteiger charge is -2.20. The molecule has 2 aliphatic rings. The average Bonchev–Trinajstić information content (AvgIpc) is 3.06. The van der Waals surface area contributed by atoms with Crippen LogP contribution in [0.1, 0.15) is 32.4 Å². The van der Waals surface area contributed by atoms with Gasteiger partial charge in [-0.1, -0.05) is 36.4 Å². The molecule has 1 heterocycles. The molecular weight excluding hydrogens is 296 g/mol. The van der Waals surface area contributed by atoms with Gasteiger partial charge in [0.05, 0.1) is 0 Å². The lowest BCUT2D eigenvalue weighted by Crippen LogP contribution is -2.21. The van der Waals surface area contributed by atoms with Gasteiger partial charge in [0.1, 0.15) is 6.10 Å². The Labute approximate surface area is 131 Å². The van der Waals surface area contributed by atoms with Gasteiger partial charge in [-0.05, 0) is 12.1 Å². The number of aliphatic hydroxyl groups is 1. The fourth-order valence-electron chi connectivity index (χ4n) is 2.87. The Morgan fingerprint density at radius 2 is 1.74 bits per heavy atom. The summed E-state index contributed by atoms with van der Waals surface area (Å²) in [6.07, 6.45) is -0.0543. The maximum absolute atomic E-state index is 12.6. The van der Waals surface area contributed by atoms with Crippen LogP contribution in [0, 0.1) is 0 Å². The molecule has 0 radical (unpaired) electrons. The van der Waals surface area contributed by atoms with E-state index in [-0.39, 0.29) is 23.9 Å². The maximum Gasteiger partial charge on any atom is 0.231 e. The first-order valence-electron chi connectivity index (χ1n) is 7.13. The largest absolute Gasteiger partial charge is 0.454 e. The van der Waals surface area contributed by atoms with Crippen molar-refractivity contribution in [1.82, 2.24) is 0 Å². The Hall–Kier alpha value is -2.92. The third-order valence-electron chi connectivity index (χ3n) is 4.00. The molecule has 0 spiro atoms. The standard InChI is InChI=1S/C18H12O5/c19-14-8-13(16(20)11-5-2-1-4-10(11)14)17(21)12-6-3-7-15-18(12)23-9-22-15/h1-8,17,21H,9H2/t17-/m1/s1. The van der Waals surface area contributed by atoms with Crippen molar-refractivity contribution in [3.8, 4) is 11.5 Å². The molecule has 0 fully saturated rings. The number of fused-ring (bicyclic) bond motifs is 2. The van der Waals surface area contributed by atoms with Gasteiger partial charge < -0.3 is 14.6 Å². The molecular formula is C18H12O5. The topological polar surface area (TPSA) is 72.8 Å². The van der Waals surface area contributed by atoms with Crippen LogP contribution >= 0.6 is 0 Å². The monoisotopic (exact) mass is 308 g/mol. The van der Waals surface area contributed by atoms with Gasteiger partial charge in [-0.3, -0.25) is 9.59 Å². The second-order valence-corrected chi connectivity index (χ2v) is 5.32. The summed E-state index contributed by atoms with van der Waals surface area (Å²) >= 11 is 0. The highest BCUT2D eigenvalue weighted by Crippen LogP contribution is 2.41. The Morgan fingerprint density at radius 3 is 2.57 bits per heavy atom. The van der Waals surface area contributed by atoms with Crippen molar-refractivity contribution in [3.05, 3.63) is 70.8 Å². The summed E-state index contributed by atoms with van der Waals surface area (Å²) in [7, 11) is 0. The molecule has 0 saturated heterocycles. The quantitative estimate of drug-likeness (QED) is 0.922. The molecule has 5 heteroatoms. The first kappa shape index (κ1) is 13.7. The van der Waals surface area contributed by atoms with Gasteiger partial charge in [0.2, 0.25) is 6.79 Å². The molecule has 2 aromatic rings. The Morgan fingerprint density at radius 1 is 0.957 bits per heavy atom. The number of benzene rings is 2. The van der Waals surface area contributed by atoms with Gasteiger partial charge >= 0.3 is 0 Å². The summed E-state index contributed by atoms with van der Waals surface area (Å²) < 4.78 is 10.6. The van der Waals surface area contributed by atoms with Gasteiger partial charge in [-0.2, -0.15) is 0 Å². The van der Waals surface area contributed by atoms with E-state index in [0.29, 0.717) is 28.2 Å². The van der Waals surface area contributed by atoms with Crippen LogP contribution < -0.4 is 9.47 Å². The second kappa shape index (κ2) is 5.07. The fraction of sp³-hybridized carbons (Fsp3) is 0.111. The Balaban J connectivity index is 1.79. The molecule has 4 rings (SSSR count). The highest BCUT2D eigenvalue weighted by atomic mass is 16.7. The van der Waals surface area contributed by atoms with E-state index >= 15 is 0 Å². The van der Waals surface area contributed by atoms with E-state index in [1.165, 1.54) is 6.08 Å². The van der Waals surface area contributed by atoms with Crippen LogP contribution in [0.5, 0.6) is 11.5 Å². The number of para-hydroxylation sites is 1. The van der Waals surface area contributed by atoms with Crippen LogP contribution in [0.4, 0.5) is 0 Å². The number of hydrogen-bond donors (Lipinski definition) is 1. The van der Waals surface area contributed by atoms with E-state index in [9.17, 15) is 14.7 Å². The van der Waals surface area contributed by atoms with E-state index in [0.717, 1.165) is 0 Å². The maximum atomic E-state index is 12.6. The molecule has 5 nitrogen and oxygen atoms in total. The first-order valence-corrected chi connectivity index (χ1v) is 7.13. The molecule has 23 heavy (non-hydrogen) atoms. The molecule has 1 N–H and O–H groups in total. The predicted molar refractivity (Wildman–Crippen MR) is 80.7 cm³/mol. The summed E-state index contributed by atoms with van der Waals surface area (Å²) in [5, 5.41) is 10.6. The minimum atomic E-state index is -1.25. The van der Waals surface area contributed by atoms with Gasteiger partial charge in [0, 0.05) is 22.3 Å². The van der Waals surface area contributed by atoms with Crippen molar-refractivity contribution in [2.45, 2.75) is 6.10 Å². The van der Waals surface area contributed by atoms with Crippen LogP contribution in [0.15, 0.2) is 54.1 Å². The third-order valence-corrected chi connectivity index (χ3v) is 4.00. The molecule has 1 aliphatic heterocycles. The highest BCUT2D eigenvalue weighted by molar-refractivity contribution is 6.24. The predicted octanol–water partition coefficient (Wildman–Crippen LogP) is 2.45. The number of ether oxygens (including phenoxy) is 2. The van der Waals surface area contributed by atoms with Crippen LogP contribution in [-0.2, 0) is 0 Å². The molecule has 2 aromatic carbocycles. The normalized spacial score (nSPS) is 16.8. The van der Waals surface area contributed by atoms with E-state index in [2.05, 4.69) is 0 Å². The SMILES string of the molecule is O=C1C=C([C@H](O)c2cccc3c2OCO3)C(=O)c2ccccc21. The van der Waals surface area contributed by atoms with Crippen molar-refractivity contribution >= 4 is 11.6 Å². The summed E-state index contributed by atoms with van der Waals surface area (Å²) in [5.74, 6) is 0.264. The van der Waals surface area contributed by atoms with Crippen LogP contribution in [0.3, 0.4) is 0 Å². The average molecular weight is 308 g/mol. The lowest BCUT2D eigenvalue weighted by atomic mass is 9.85. The van der Waals surface area contributed by atoms with Gasteiger partial charge in [0.25, 0.3) is 0 Å². The van der Waals surface area contributed by atoms with E-state index in [1.54, 1.807) is 42.5 Å².